The highest BCUT2D eigenvalue weighted by molar-refractivity contribution is 4.95. The quantitative estimate of drug-likeness (QED) is 0.231. The van der Waals surface area contributed by atoms with Crippen molar-refractivity contribution in [2.45, 2.75) is 122 Å². The highest BCUT2D eigenvalue weighted by atomic mass is 15.3. The molecule has 0 amide bonds. The maximum Gasteiger partial charge on any atom is 0.0995 e. The third kappa shape index (κ3) is 11.6. The predicted molar refractivity (Wildman–Crippen MR) is 116 cm³/mol. The van der Waals surface area contributed by atoms with Gasteiger partial charge in [0.15, 0.2) is 0 Å². The molecule has 1 aliphatic rings. The molecule has 0 bridgehead atoms. The molecule has 0 aromatic rings. The molecular formula is C23H45N3. The summed E-state index contributed by atoms with van der Waals surface area (Å²) in [5.74, 6) is 0. The summed E-state index contributed by atoms with van der Waals surface area (Å²) >= 11 is 0. The lowest BCUT2D eigenvalue weighted by Gasteiger charge is -2.28. The Balaban J connectivity index is 1.80. The number of nitrogens with one attached hydrogen (secondary N) is 1. The summed E-state index contributed by atoms with van der Waals surface area (Å²) in [5.41, 5.74) is 5.98. The molecule has 0 aromatic carbocycles. The molecule has 2 unspecified atom stereocenters. The molecule has 0 radical (unpaired) electrons. The Hall–Kier alpha value is -0.960. The molecule has 1 aliphatic heterocycles. The van der Waals surface area contributed by atoms with Crippen molar-refractivity contribution >= 4 is 0 Å². The van der Waals surface area contributed by atoms with Gasteiger partial charge in [0.2, 0.25) is 0 Å². The first-order valence-corrected chi connectivity index (χ1v) is 11.4. The van der Waals surface area contributed by atoms with Gasteiger partial charge in [-0.1, -0.05) is 76.9 Å². The highest BCUT2D eigenvalue weighted by Crippen LogP contribution is 2.15. The number of nitrogens with zero attached hydrogens (tertiary/aromatic N) is 1. The van der Waals surface area contributed by atoms with E-state index in [1.165, 1.54) is 96.3 Å². The van der Waals surface area contributed by atoms with Gasteiger partial charge in [0.1, 0.15) is 0 Å². The SMILES string of the molecule is CCCCCCCCC/C=C/CCCCCCCC1NC=CN1C(C)N. The molecule has 1 rings (SSSR count). The van der Waals surface area contributed by atoms with Crippen molar-refractivity contribution in [1.82, 2.24) is 10.2 Å². The van der Waals surface area contributed by atoms with E-state index in [-0.39, 0.29) is 6.17 Å². The summed E-state index contributed by atoms with van der Waals surface area (Å²) in [6, 6.07) is 0. The average molecular weight is 364 g/mol. The summed E-state index contributed by atoms with van der Waals surface area (Å²) in [6.45, 7) is 4.33. The third-order valence-corrected chi connectivity index (χ3v) is 5.35. The monoisotopic (exact) mass is 363 g/mol. The molecule has 26 heavy (non-hydrogen) atoms. The number of unbranched alkanes of at least 4 members (excludes halogenated alkanes) is 12. The zero-order valence-corrected chi connectivity index (χ0v) is 17.6. The van der Waals surface area contributed by atoms with E-state index < -0.39 is 0 Å². The van der Waals surface area contributed by atoms with Gasteiger partial charge in [0, 0.05) is 12.4 Å². The van der Waals surface area contributed by atoms with E-state index >= 15 is 0 Å². The van der Waals surface area contributed by atoms with Crippen LogP contribution in [0, 0.1) is 0 Å². The minimum absolute atomic E-state index is 0.0964. The van der Waals surface area contributed by atoms with E-state index in [1.54, 1.807) is 0 Å². The van der Waals surface area contributed by atoms with Crippen molar-refractivity contribution in [2.24, 2.45) is 5.73 Å². The van der Waals surface area contributed by atoms with E-state index in [4.69, 9.17) is 5.73 Å². The Morgan fingerprint density at radius 2 is 1.42 bits per heavy atom. The summed E-state index contributed by atoms with van der Waals surface area (Å²) in [6.07, 6.45) is 29.7. The van der Waals surface area contributed by atoms with Crippen LogP contribution in [0.1, 0.15) is 110 Å². The molecule has 3 heteroatoms. The maximum atomic E-state index is 5.98. The number of hydrogen-bond donors (Lipinski definition) is 2. The average Bonchev–Trinajstić information content (AvgIpc) is 3.10. The van der Waals surface area contributed by atoms with Crippen LogP contribution in [0.3, 0.4) is 0 Å². The van der Waals surface area contributed by atoms with Gasteiger partial charge < -0.3 is 16.0 Å². The number of rotatable bonds is 17. The van der Waals surface area contributed by atoms with Crippen LogP contribution in [0.5, 0.6) is 0 Å². The smallest absolute Gasteiger partial charge is 0.0995 e. The van der Waals surface area contributed by atoms with Gasteiger partial charge in [-0.25, -0.2) is 0 Å². The fourth-order valence-electron chi connectivity index (χ4n) is 3.67. The highest BCUT2D eigenvalue weighted by Gasteiger charge is 2.20. The van der Waals surface area contributed by atoms with Crippen LogP contribution in [-0.4, -0.2) is 17.2 Å². The van der Waals surface area contributed by atoms with E-state index in [1.807, 2.05) is 13.1 Å². The maximum absolute atomic E-state index is 5.98. The van der Waals surface area contributed by atoms with Gasteiger partial charge in [-0.2, -0.15) is 0 Å². The fourth-order valence-corrected chi connectivity index (χ4v) is 3.67. The summed E-state index contributed by atoms with van der Waals surface area (Å²) in [7, 11) is 0. The van der Waals surface area contributed by atoms with Crippen LogP contribution in [0.2, 0.25) is 0 Å². The zero-order valence-electron chi connectivity index (χ0n) is 17.6. The van der Waals surface area contributed by atoms with Crippen LogP contribution in [0.15, 0.2) is 24.6 Å². The van der Waals surface area contributed by atoms with Gasteiger partial charge in [-0.05, 0) is 45.4 Å². The van der Waals surface area contributed by atoms with Crippen LogP contribution in [-0.2, 0) is 0 Å². The van der Waals surface area contributed by atoms with E-state index in [0.717, 1.165) is 0 Å². The molecule has 1 heterocycles. The minimum atomic E-state index is 0.0964. The fraction of sp³-hybridized carbons (Fsp3) is 0.826. The van der Waals surface area contributed by atoms with Gasteiger partial charge >= 0.3 is 0 Å². The lowest BCUT2D eigenvalue weighted by molar-refractivity contribution is 0.208. The Labute approximate surface area is 163 Å². The molecule has 0 spiro atoms. The van der Waals surface area contributed by atoms with Crippen LogP contribution in [0.25, 0.3) is 0 Å². The summed E-state index contributed by atoms with van der Waals surface area (Å²) in [5, 5.41) is 3.40. The Bertz CT molecular complexity index is 362. The molecule has 3 nitrogen and oxygen atoms in total. The summed E-state index contributed by atoms with van der Waals surface area (Å²) in [4.78, 5) is 2.22. The van der Waals surface area contributed by atoms with Crippen molar-refractivity contribution in [3.8, 4) is 0 Å². The third-order valence-electron chi connectivity index (χ3n) is 5.35. The zero-order chi connectivity index (χ0) is 18.9. The van der Waals surface area contributed by atoms with Gasteiger partial charge in [0.05, 0.1) is 12.3 Å². The van der Waals surface area contributed by atoms with Crippen molar-refractivity contribution in [3.05, 3.63) is 24.6 Å². The van der Waals surface area contributed by atoms with Gasteiger partial charge in [-0.3, -0.25) is 0 Å². The minimum Gasteiger partial charge on any atom is -0.370 e. The molecule has 3 N–H and O–H groups in total. The number of hydrogen-bond acceptors (Lipinski definition) is 3. The predicted octanol–water partition coefficient (Wildman–Crippen LogP) is 6.42. The Morgan fingerprint density at radius 3 is 2.00 bits per heavy atom. The van der Waals surface area contributed by atoms with E-state index in [2.05, 4.69) is 35.5 Å². The molecule has 0 saturated heterocycles. The lowest BCUT2D eigenvalue weighted by atomic mass is 10.1. The molecule has 0 aliphatic carbocycles. The normalized spacial score (nSPS) is 18.0. The Kier molecular flexibility index (Phi) is 14.4. The van der Waals surface area contributed by atoms with Crippen LogP contribution in [0.4, 0.5) is 0 Å². The van der Waals surface area contributed by atoms with Crippen LogP contribution >= 0.6 is 0 Å². The van der Waals surface area contributed by atoms with E-state index in [0.29, 0.717) is 6.17 Å². The van der Waals surface area contributed by atoms with Crippen molar-refractivity contribution in [3.63, 3.8) is 0 Å². The second kappa shape index (κ2) is 16.2. The van der Waals surface area contributed by atoms with E-state index in [9.17, 15) is 0 Å². The topological polar surface area (TPSA) is 41.3 Å². The van der Waals surface area contributed by atoms with Crippen LogP contribution < -0.4 is 11.1 Å². The summed E-state index contributed by atoms with van der Waals surface area (Å²) < 4.78 is 0. The molecule has 152 valence electrons. The van der Waals surface area contributed by atoms with Crippen molar-refractivity contribution in [1.29, 1.82) is 0 Å². The molecule has 0 fully saturated rings. The molecule has 0 aromatic heterocycles. The number of allylic oxidation sites excluding steroid dienone is 2. The van der Waals surface area contributed by atoms with Crippen molar-refractivity contribution in [2.75, 3.05) is 0 Å². The second-order valence-corrected chi connectivity index (χ2v) is 7.91. The first-order valence-electron chi connectivity index (χ1n) is 11.4. The first-order chi connectivity index (χ1) is 12.8. The van der Waals surface area contributed by atoms with Gasteiger partial charge in [-0.15, -0.1) is 0 Å². The second-order valence-electron chi connectivity index (χ2n) is 7.91. The largest absolute Gasteiger partial charge is 0.370 e. The number of nitrogens with two attached hydrogens (primary N) is 1. The standard InChI is InChI=1S/C23H45N3/c1-3-4-5-6-7-8-9-10-11-12-13-14-15-16-17-18-19-23-25-20-21-26(23)22(2)24/h11-12,20-23,25H,3-10,13-19,24H2,1-2H3/b12-11+. The molecule has 2 atom stereocenters. The van der Waals surface area contributed by atoms with Crippen molar-refractivity contribution < 1.29 is 0 Å². The lowest BCUT2D eigenvalue weighted by Crippen LogP contribution is -2.44. The first kappa shape index (κ1) is 23.1. The van der Waals surface area contributed by atoms with Gasteiger partial charge in [0.25, 0.3) is 0 Å². The Morgan fingerprint density at radius 1 is 0.885 bits per heavy atom. The molecular weight excluding hydrogens is 318 g/mol. The molecule has 0 saturated carbocycles.